The highest BCUT2D eigenvalue weighted by Crippen LogP contribution is 2.14. The second kappa shape index (κ2) is 9.37. The van der Waals surface area contributed by atoms with E-state index >= 15 is 0 Å². The van der Waals surface area contributed by atoms with E-state index in [1.807, 2.05) is 6.07 Å². The molecule has 0 atom stereocenters. The number of H-pyrrole nitrogens is 1. The van der Waals surface area contributed by atoms with Gasteiger partial charge in [-0.05, 0) is 43.1 Å². The highest BCUT2D eigenvalue weighted by atomic mass is 16.1. The van der Waals surface area contributed by atoms with Crippen LogP contribution in [0.4, 0.5) is 0 Å². The zero-order chi connectivity index (χ0) is 17.3. The minimum Gasteiger partial charge on any atom is -0.352 e. The number of carbonyl (C=O) groups excluding carboxylic acids is 1. The van der Waals surface area contributed by atoms with Crippen molar-refractivity contribution in [2.24, 2.45) is 0 Å². The van der Waals surface area contributed by atoms with E-state index in [2.05, 4.69) is 44.7 Å². The van der Waals surface area contributed by atoms with E-state index in [4.69, 9.17) is 0 Å². The predicted molar refractivity (Wildman–Crippen MR) is 98.9 cm³/mol. The van der Waals surface area contributed by atoms with E-state index in [9.17, 15) is 4.79 Å². The third-order valence-electron chi connectivity index (χ3n) is 4.78. The normalized spacial score (nSPS) is 16.2. The zero-order valence-corrected chi connectivity index (χ0v) is 14.8. The van der Waals surface area contributed by atoms with Crippen LogP contribution in [0.2, 0.25) is 0 Å². The number of benzene rings is 1. The molecule has 0 saturated carbocycles. The minimum atomic E-state index is 0.00829. The van der Waals surface area contributed by atoms with Crippen molar-refractivity contribution in [3.05, 3.63) is 53.3 Å². The molecule has 5 heteroatoms. The molecule has 2 N–H and O–H groups in total. The van der Waals surface area contributed by atoms with Gasteiger partial charge in [-0.25, -0.2) is 0 Å². The molecule has 1 aromatic carbocycles. The van der Waals surface area contributed by atoms with Crippen LogP contribution in [-0.2, 0) is 24.3 Å². The Morgan fingerprint density at radius 2 is 1.68 bits per heavy atom. The van der Waals surface area contributed by atoms with Gasteiger partial charge in [0.2, 0.25) is 5.91 Å². The van der Waals surface area contributed by atoms with Gasteiger partial charge in [0, 0.05) is 25.0 Å². The summed E-state index contributed by atoms with van der Waals surface area (Å²) in [5, 5.41) is 9.61. The summed E-state index contributed by atoms with van der Waals surface area (Å²) in [5.41, 5.74) is 3.32. The molecule has 1 saturated heterocycles. The van der Waals surface area contributed by atoms with Crippen molar-refractivity contribution in [3.8, 4) is 0 Å². The van der Waals surface area contributed by atoms with Crippen LogP contribution in [0.15, 0.2) is 36.5 Å². The maximum Gasteiger partial charge on any atom is 0.226 e. The molecule has 1 aromatic heterocycles. The van der Waals surface area contributed by atoms with Crippen LogP contribution in [0.25, 0.3) is 0 Å². The second-order valence-electron chi connectivity index (χ2n) is 6.90. The maximum absolute atomic E-state index is 11.9. The topological polar surface area (TPSA) is 61.0 Å². The fourth-order valence-electron chi connectivity index (χ4n) is 3.31. The Morgan fingerprint density at radius 1 is 1.00 bits per heavy atom. The molecule has 1 aliphatic heterocycles. The lowest BCUT2D eigenvalue weighted by Crippen LogP contribution is -2.27. The number of amides is 1. The van der Waals surface area contributed by atoms with Gasteiger partial charge >= 0.3 is 0 Å². The zero-order valence-electron chi connectivity index (χ0n) is 14.8. The number of likely N-dealkylation sites (tertiary alicyclic amines) is 1. The van der Waals surface area contributed by atoms with Crippen LogP contribution in [0.3, 0.4) is 0 Å². The molecule has 0 bridgehead atoms. The molecule has 134 valence electrons. The number of hydrogen-bond donors (Lipinski definition) is 2. The molecule has 0 radical (unpaired) electrons. The van der Waals surface area contributed by atoms with Crippen LogP contribution in [0.5, 0.6) is 0 Å². The van der Waals surface area contributed by atoms with E-state index in [1.54, 1.807) is 6.20 Å². The number of hydrogen-bond acceptors (Lipinski definition) is 3. The smallest absolute Gasteiger partial charge is 0.226 e. The Labute approximate surface area is 149 Å². The summed E-state index contributed by atoms with van der Waals surface area (Å²) in [4.78, 5) is 14.5. The lowest BCUT2D eigenvalue weighted by molar-refractivity contribution is -0.120. The van der Waals surface area contributed by atoms with E-state index in [-0.39, 0.29) is 5.91 Å². The van der Waals surface area contributed by atoms with Crippen molar-refractivity contribution in [2.45, 2.75) is 51.6 Å². The quantitative estimate of drug-likeness (QED) is 0.850. The van der Waals surface area contributed by atoms with Gasteiger partial charge in [-0.2, -0.15) is 5.10 Å². The molecule has 5 nitrogen and oxygen atoms in total. The van der Waals surface area contributed by atoms with Crippen molar-refractivity contribution in [1.82, 2.24) is 20.4 Å². The van der Waals surface area contributed by atoms with E-state index in [1.165, 1.54) is 50.8 Å². The molecule has 25 heavy (non-hydrogen) atoms. The Bertz CT molecular complexity index is 628. The molecule has 0 aliphatic carbocycles. The van der Waals surface area contributed by atoms with Gasteiger partial charge in [0.05, 0.1) is 6.42 Å². The van der Waals surface area contributed by atoms with Gasteiger partial charge in [-0.1, -0.05) is 43.5 Å². The van der Waals surface area contributed by atoms with Gasteiger partial charge in [0.25, 0.3) is 0 Å². The molecule has 3 rings (SSSR count). The molecule has 2 aromatic rings. The number of nitrogens with one attached hydrogen (secondary N) is 2. The molecule has 1 aliphatic rings. The average Bonchev–Trinajstić information content (AvgIpc) is 3.09. The monoisotopic (exact) mass is 340 g/mol. The molecular formula is C20H28N4O. The lowest BCUT2D eigenvalue weighted by atomic mass is 10.1. The van der Waals surface area contributed by atoms with Gasteiger partial charge < -0.3 is 5.32 Å². The third kappa shape index (κ3) is 6.02. The number of nitrogens with zero attached hydrogens (tertiary/aromatic N) is 2. The fraction of sp³-hybridized carbons (Fsp3) is 0.500. The maximum atomic E-state index is 11.9. The van der Waals surface area contributed by atoms with E-state index < -0.39 is 0 Å². The first kappa shape index (κ1) is 17.7. The third-order valence-corrected chi connectivity index (χ3v) is 4.78. The van der Waals surface area contributed by atoms with Gasteiger partial charge in [-0.3, -0.25) is 14.8 Å². The summed E-state index contributed by atoms with van der Waals surface area (Å²) in [5.74, 6) is 0.00829. The van der Waals surface area contributed by atoms with Crippen LogP contribution in [-0.4, -0.2) is 34.1 Å². The highest BCUT2D eigenvalue weighted by molar-refractivity contribution is 5.78. The SMILES string of the molecule is O=C(Cc1ccn[nH]1)NCc1ccc(CN2CCCCCCC2)cc1. The minimum absolute atomic E-state index is 0.00829. The van der Waals surface area contributed by atoms with Crippen LogP contribution in [0, 0.1) is 0 Å². The van der Waals surface area contributed by atoms with Crippen molar-refractivity contribution in [1.29, 1.82) is 0 Å². The van der Waals surface area contributed by atoms with Crippen molar-refractivity contribution < 1.29 is 4.79 Å². The predicted octanol–water partition coefficient (Wildman–Crippen LogP) is 3.03. The Balaban J connectivity index is 1.44. The molecule has 0 unspecified atom stereocenters. The molecule has 1 amide bonds. The first-order valence-electron chi connectivity index (χ1n) is 9.35. The average molecular weight is 340 g/mol. The van der Waals surface area contributed by atoms with Crippen LogP contribution >= 0.6 is 0 Å². The lowest BCUT2D eigenvalue weighted by Gasteiger charge is -2.24. The summed E-state index contributed by atoms with van der Waals surface area (Å²) < 4.78 is 0. The number of aromatic nitrogens is 2. The highest BCUT2D eigenvalue weighted by Gasteiger charge is 2.09. The number of rotatable bonds is 6. The van der Waals surface area contributed by atoms with Gasteiger partial charge in [0.15, 0.2) is 0 Å². The summed E-state index contributed by atoms with van der Waals surface area (Å²) in [6.07, 6.45) is 8.78. The van der Waals surface area contributed by atoms with Crippen LogP contribution in [0.1, 0.15) is 48.9 Å². The Hall–Kier alpha value is -2.14. The second-order valence-corrected chi connectivity index (χ2v) is 6.90. The Morgan fingerprint density at radius 3 is 2.36 bits per heavy atom. The standard InChI is InChI=1S/C20H28N4O/c25-20(14-19-10-11-22-23-19)21-15-17-6-8-18(9-7-17)16-24-12-4-2-1-3-5-13-24/h6-11H,1-5,12-16H2,(H,21,25)(H,22,23). The fourth-order valence-corrected chi connectivity index (χ4v) is 3.31. The van der Waals surface area contributed by atoms with Crippen LogP contribution < -0.4 is 5.32 Å². The first-order chi connectivity index (χ1) is 12.3. The van der Waals surface area contributed by atoms with Gasteiger partial charge in [-0.15, -0.1) is 0 Å². The molecule has 2 heterocycles. The summed E-state index contributed by atoms with van der Waals surface area (Å²) in [6, 6.07) is 10.4. The van der Waals surface area contributed by atoms with E-state index in [0.29, 0.717) is 13.0 Å². The molecule has 0 spiro atoms. The van der Waals surface area contributed by atoms with Crippen molar-refractivity contribution in [3.63, 3.8) is 0 Å². The van der Waals surface area contributed by atoms with Crippen molar-refractivity contribution in [2.75, 3.05) is 13.1 Å². The summed E-state index contributed by atoms with van der Waals surface area (Å²) >= 11 is 0. The van der Waals surface area contributed by atoms with E-state index in [0.717, 1.165) is 17.8 Å². The van der Waals surface area contributed by atoms with Gasteiger partial charge in [0.1, 0.15) is 0 Å². The largest absolute Gasteiger partial charge is 0.352 e. The van der Waals surface area contributed by atoms with Crippen molar-refractivity contribution >= 4 is 5.91 Å². The summed E-state index contributed by atoms with van der Waals surface area (Å²) in [7, 11) is 0. The molecule has 1 fully saturated rings. The first-order valence-corrected chi connectivity index (χ1v) is 9.35. The number of carbonyl (C=O) groups is 1. The number of aromatic amines is 1. The molecular weight excluding hydrogens is 312 g/mol. The Kier molecular flexibility index (Phi) is 6.63. The summed E-state index contributed by atoms with van der Waals surface area (Å²) in [6.45, 7) is 4.03.